The Kier molecular flexibility index (Phi) is 4.64. The van der Waals surface area contributed by atoms with E-state index in [1.165, 1.54) is 17.8 Å². The Hall–Kier alpha value is -3.86. The van der Waals surface area contributed by atoms with E-state index in [0.717, 1.165) is 5.69 Å². The zero-order valence-electron chi connectivity index (χ0n) is 15.9. The zero-order chi connectivity index (χ0) is 20.5. The van der Waals surface area contributed by atoms with Gasteiger partial charge >= 0.3 is 0 Å². The molecule has 0 radical (unpaired) electrons. The number of benzene rings is 2. The molecule has 2 aromatic carbocycles. The van der Waals surface area contributed by atoms with Crippen LogP contribution in [0, 0.1) is 11.3 Å². The summed E-state index contributed by atoms with van der Waals surface area (Å²) in [6, 6.07) is 13.8. The van der Waals surface area contributed by atoms with Gasteiger partial charge in [-0.05, 0) is 18.2 Å². The van der Waals surface area contributed by atoms with Gasteiger partial charge < -0.3 is 14.9 Å². The van der Waals surface area contributed by atoms with Crippen LogP contribution in [0.4, 0.5) is 5.69 Å². The zero-order valence-corrected chi connectivity index (χ0v) is 15.9. The number of carbonyl (C=O) groups is 1. The number of nitrogens with zero attached hydrogens (tertiary/aromatic N) is 5. The third-order valence-corrected chi connectivity index (χ3v) is 5.12. The Bertz CT molecular complexity index is 1200. The highest BCUT2D eigenvalue weighted by atomic mass is 16.3. The van der Waals surface area contributed by atoms with Crippen LogP contribution in [-0.2, 0) is 7.05 Å². The first-order chi connectivity index (χ1) is 14.0. The summed E-state index contributed by atoms with van der Waals surface area (Å²) in [7, 11) is 1.54. The highest BCUT2D eigenvalue weighted by molar-refractivity contribution is 6.04. The molecule has 1 aliphatic rings. The van der Waals surface area contributed by atoms with Crippen molar-refractivity contribution in [3.63, 3.8) is 0 Å². The number of hydrogen-bond acceptors (Lipinski definition) is 6. The highest BCUT2D eigenvalue weighted by Crippen LogP contribution is 2.24. The summed E-state index contributed by atoms with van der Waals surface area (Å²) in [5.74, 6) is -0.177. The molecule has 1 aromatic heterocycles. The summed E-state index contributed by atoms with van der Waals surface area (Å²) in [6.45, 7) is 2.05. The van der Waals surface area contributed by atoms with Crippen molar-refractivity contribution in [1.82, 2.24) is 14.7 Å². The SMILES string of the molecule is Cn1nc(C(=O)N2CCN(c3cc(O)cc(C#N)c3)CC2)c2ccccc2c1=O. The fourth-order valence-corrected chi connectivity index (χ4v) is 3.62. The fraction of sp³-hybridized carbons (Fsp3) is 0.238. The number of aromatic nitrogens is 2. The first kappa shape index (κ1) is 18.5. The third kappa shape index (κ3) is 3.38. The molecule has 0 saturated carbocycles. The molecular weight excluding hydrogens is 370 g/mol. The van der Waals surface area contributed by atoms with Gasteiger partial charge in [0.15, 0.2) is 5.69 Å². The largest absolute Gasteiger partial charge is 0.508 e. The number of anilines is 1. The van der Waals surface area contributed by atoms with Crippen molar-refractivity contribution in [3.05, 3.63) is 64.1 Å². The van der Waals surface area contributed by atoms with Crippen LogP contribution >= 0.6 is 0 Å². The van der Waals surface area contributed by atoms with Crippen LogP contribution in [0.15, 0.2) is 47.3 Å². The number of carbonyl (C=O) groups excluding carboxylic acids is 1. The second-order valence-electron chi connectivity index (χ2n) is 6.95. The van der Waals surface area contributed by atoms with Gasteiger partial charge in [0.1, 0.15) is 5.75 Å². The van der Waals surface area contributed by atoms with Crippen LogP contribution in [0.3, 0.4) is 0 Å². The summed E-state index contributed by atoms with van der Waals surface area (Å²) in [5, 5.41) is 24.1. The molecule has 1 aliphatic heterocycles. The van der Waals surface area contributed by atoms with Crippen LogP contribution in [-0.4, -0.2) is 51.9 Å². The van der Waals surface area contributed by atoms with Crippen molar-refractivity contribution in [1.29, 1.82) is 5.26 Å². The van der Waals surface area contributed by atoms with Gasteiger partial charge in [-0.3, -0.25) is 9.59 Å². The van der Waals surface area contributed by atoms with E-state index >= 15 is 0 Å². The van der Waals surface area contributed by atoms with E-state index in [0.29, 0.717) is 42.5 Å². The molecule has 0 aliphatic carbocycles. The van der Waals surface area contributed by atoms with Crippen molar-refractivity contribution in [2.24, 2.45) is 7.05 Å². The molecule has 4 rings (SSSR count). The Labute approximate surface area is 166 Å². The van der Waals surface area contributed by atoms with E-state index in [1.54, 1.807) is 41.3 Å². The van der Waals surface area contributed by atoms with Crippen LogP contribution in [0.25, 0.3) is 10.8 Å². The van der Waals surface area contributed by atoms with Crippen molar-refractivity contribution in [2.75, 3.05) is 31.1 Å². The van der Waals surface area contributed by atoms with Gasteiger partial charge in [-0.25, -0.2) is 4.68 Å². The topological polar surface area (TPSA) is 102 Å². The molecule has 1 saturated heterocycles. The van der Waals surface area contributed by atoms with E-state index in [1.807, 2.05) is 11.0 Å². The number of amides is 1. The number of fused-ring (bicyclic) bond motifs is 1. The number of nitriles is 1. The summed E-state index contributed by atoms with van der Waals surface area (Å²) < 4.78 is 1.20. The first-order valence-corrected chi connectivity index (χ1v) is 9.22. The lowest BCUT2D eigenvalue weighted by molar-refractivity contribution is 0.0740. The van der Waals surface area contributed by atoms with Crippen molar-refractivity contribution in [2.45, 2.75) is 0 Å². The molecule has 3 aromatic rings. The standard InChI is InChI=1S/C21H19N5O3/c1-24-20(28)18-5-3-2-4-17(18)19(23-24)21(29)26-8-6-25(7-9-26)15-10-14(13-22)11-16(27)12-15/h2-5,10-12,27H,6-9H2,1H3. The number of rotatable bonds is 2. The predicted molar refractivity (Wildman–Crippen MR) is 108 cm³/mol. The average Bonchev–Trinajstić information content (AvgIpc) is 2.75. The van der Waals surface area contributed by atoms with E-state index in [4.69, 9.17) is 5.26 Å². The van der Waals surface area contributed by atoms with Gasteiger partial charge in [-0.1, -0.05) is 18.2 Å². The maximum Gasteiger partial charge on any atom is 0.275 e. The third-order valence-electron chi connectivity index (χ3n) is 5.12. The van der Waals surface area contributed by atoms with E-state index in [9.17, 15) is 14.7 Å². The molecule has 0 spiro atoms. The summed E-state index contributed by atoms with van der Waals surface area (Å²) in [6.07, 6.45) is 0. The maximum atomic E-state index is 13.1. The Morgan fingerprint density at radius 2 is 1.79 bits per heavy atom. The number of phenols is 1. The molecule has 0 atom stereocenters. The van der Waals surface area contributed by atoms with Crippen molar-refractivity contribution < 1.29 is 9.90 Å². The second kappa shape index (κ2) is 7.28. The van der Waals surface area contributed by atoms with Gasteiger partial charge in [0.25, 0.3) is 11.5 Å². The van der Waals surface area contributed by atoms with E-state index < -0.39 is 0 Å². The molecule has 8 nitrogen and oxygen atoms in total. The average molecular weight is 389 g/mol. The first-order valence-electron chi connectivity index (χ1n) is 9.22. The number of aromatic hydroxyl groups is 1. The highest BCUT2D eigenvalue weighted by Gasteiger charge is 2.26. The Balaban J connectivity index is 1.57. The summed E-state index contributed by atoms with van der Waals surface area (Å²) in [4.78, 5) is 29.1. The summed E-state index contributed by atoms with van der Waals surface area (Å²) >= 11 is 0. The maximum absolute atomic E-state index is 13.1. The lowest BCUT2D eigenvalue weighted by Gasteiger charge is -2.36. The van der Waals surface area contributed by atoms with Gasteiger partial charge in [0.05, 0.1) is 17.0 Å². The number of aryl methyl sites for hydroxylation is 1. The molecule has 0 unspecified atom stereocenters. The number of piperazine rings is 1. The Morgan fingerprint density at radius 1 is 1.10 bits per heavy atom. The predicted octanol–water partition coefficient (Wildman–Crippen LogP) is 1.47. The molecule has 146 valence electrons. The van der Waals surface area contributed by atoms with Crippen LogP contribution in [0.1, 0.15) is 16.1 Å². The molecule has 1 N–H and O–H groups in total. The summed E-state index contributed by atoms with van der Waals surface area (Å²) in [5.41, 5.74) is 1.16. The van der Waals surface area contributed by atoms with Gasteiger partial charge in [0.2, 0.25) is 0 Å². The molecule has 1 fully saturated rings. The molecule has 1 amide bonds. The van der Waals surface area contributed by atoms with Crippen LogP contribution < -0.4 is 10.5 Å². The molecule has 0 bridgehead atoms. The number of hydrogen-bond donors (Lipinski definition) is 1. The van der Waals surface area contributed by atoms with Gasteiger partial charge in [-0.15, -0.1) is 0 Å². The minimum absolute atomic E-state index is 0.0402. The van der Waals surface area contributed by atoms with Gasteiger partial charge in [-0.2, -0.15) is 10.4 Å². The second-order valence-corrected chi connectivity index (χ2v) is 6.95. The molecule has 29 heavy (non-hydrogen) atoms. The quantitative estimate of drug-likeness (QED) is 0.712. The lowest BCUT2D eigenvalue weighted by atomic mass is 10.1. The lowest BCUT2D eigenvalue weighted by Crippen LogP contribution is -2.49. The molecular formula is C21H19N5O3. The van der Waals surface area contributed by atoms with Crippen LogP contribution in [0.2, 0.25) is 0 Å². The Morgan fingerprint density at radius 3 is 2.48 bits per heavy atom. The molecule has 8 heteroatoms. The monoisotopic (exact) mass is 389 g/mol. The normalized spacial score (nSPS) is 14.1. The van der Waals surface area contributed by atoms with Gasteiger partial charge in [0, 0.05) is 50.4 Å². The van der Waals surface area contributed by atoms with E-state index in [2.05, 4.69) is 5.10 Å². The number of phenolic OH excluding ortho intramolecular Hbond substituents is 1. The van der Waals surface area contributed by atoms with E-state index in [-0.39, 0.29) is 22.9 Å². The molecule has 2 heterocycles. The minimum atomic E-state index is -0.237. The smallest absolute Gasteiger partial charge is 0.275 e. The van der Waals surface area contributed by atoms with Crippen LogP contribution in [0.5, 0.6) is 5.75 Å². The van der Waals surface area contributed by atoms with Crippen molar-refractivity contribution in [3.8, 4) is 11.8 Å². The fourth-order valence-electron chi connectivity index (χ4n) is 3.62. The van der Waals surface area contributed by atoms with Crippen molar-refractivity contribution >= 4 is 22.4 Å². The minimum Gasteiger partial charge on any atom is -0.508 e.